The van der Waals surface area contributed by atoms with E-state index >= 15 is 0 Å². The molecule has 0 amide bonds. The van der Waals surface area contributed by atoms with E-state index in [9.17, 15) is 0 Å². The van der Waals surface area contributed by atoms with E-state index in [0.29, 0.717) is 6.10 Å². The second kappa shape index (κ2) is 14.3. The maximum absolute atomic E-state index is 8.49. The number of benzene rings is 1. The SMILES string of the molecule is CCCCc1ccc([C@H]2CC[C@H](OC[C@H]3CC[C@H](CC/C=C/C=C/C#N)CC3)CC2)cc1. The lowest BCUT2D eigenvalue weighted by atomic mass is 9.80. The van der Waals surface area contributed by atoms with Gasteiger partial charge >= 0.3 is 0 Å². The molecule has 0 atom stereocenters. The van der Waals surface area contributed by atoms with Crippen molar-refractivity contribution in [1.82, 2.24) is 0 Å². The predicted molar refractivity (Wildman–Crippen MR) is 135 cm³/mol. The van der Waals surface area contributed by atoms with Crippen LogP contribution >= 0.6 is 0 Å². The maximum Gasteiger partial charge on any atom is 0.0912 e. The molecule has 0 bridgehead atoms. The van der Waals surface area contributed by atoms with Gasteiger partial charge in [-0.2, -0.15) is 5.26 Å². The van der Waals surface area contributed by atoms with Crippen LogP contribution in [0.3, 0.4) is 0 Å². The second-order valence-electron chi connectivity index (χ2n) is 10.0. The molecular weight excluding hydrogens is 390 g/mol. The summed E-state index contributed by atoms with van der Waals surface area (Å²) in [7, 11) is 0. The van der Waals surface area contributed by atoms with Crippen LogP contribution in [0.1, 0.15) is 101 Å². The van der Waals surface area contributed by atoms with Crippen LogP contribution < -0.4 is 0 Å². The van der Waals surface area contributed by atoms with E-state index in [1.807, 2.05) is 18.2 Å². The van der Waals surface area contributed by atoms with Crippen molar-refractivity contribution in [2.24, 2.45) is 11.8 Å². The summed E-state index contributed by atoms with van der Waals surface area (Å²) >= 11 is 0. The molecule has 0 aliphatic heterocycles. The van der Waals surface area contributed by atoms with Crippen molar-refractivity contribution in [2.45, 2.75) is 102 Å². The van der Waals surface area contributed by atoms with Gasteiger partial charge < -0.3 is 4.74 Å². The van der Waals surface area contributed by atoms with Crippen molar-refractivity contribution in [3.63, 3.8) is 0 Å². The molecule has 3 rings (SSSR count). The van der Waals surface area contributed by atoms with Gasteiger partial charge in [-0.3, -0.25) is 0 Å². The highest BCUT2D eigenvalue weighted by atomic mass is 16.5. The number of hydrogen-bond donors (Lipinski definition) is 0. The molecule has 1 aromatic carbocycles. The fourth-order valence-electron chi connectivity index (χ4n) is 5.46. The molecule has 0 aromatic heterocycles. The Bertz CT molecular complexity index is 725. The summed E-state index contributed by atoms with van der Waals surface area (Å²) in [6.45, 7) is 3.24. The van der Waals surface area contributed by atoms with Crippen molar-refractivity contribution in [2.75, 3.05) is 6.61 Å². The first-order valence-electron chi connectivity index (χ1n) is 13.2. The third-order valence-electron chi connectivity index (χ3n) is 7.64. The minimum Gasteiger partial charge on any atom is -0.378 e. The lowest BCUT2D eigenvalue weighted by Gasteiger charge is -2.32. The largest absolute Gasteiger partial charge is 0.378 e. The molecule has 2 nitrogen and oxygen atoms in total. The number of aryl methyl sites for hydroxylation is 1. The van der Waals surface area contributed by atoms with E-state index in [0.717, 1.165) is 30.8 Å². The highest BCUT2D eigenvalue weighted by Gasteiger charge is 2.25. The number of nitriles is 1. The molecule has 2 fully saturated rings. The molecule has 0 radical (unpaired) electrons. The number of rotatable bonds is 11. The quantitative estimate of drug-likeness (QED) is 0.260. The monoisotopic (exact) mass is 433 g/mol. The maximum atomic E-state index is 8.49. The van der Waals surface area contributed by atoms with Gasteiger partial charge in [-0.1, -0.05) is 68.7 Å². The summed E-state index contributed by atoms with van der Waals surface area (Å²) in [5.41, 5.74) is 3.03. The van der Waals surface area contributed by atoms with Gasteiger partial charge in [0.2, 0.25) is 0 Å². The molecule has 2 aliphatic carbocycles. The van der Waals surface area contributed by atoms with Crippen molar-refractivity contribution in [1.29, 1.82) is 5.26 Å². The minimum absolute atomic E-state index is 0.486. The van der Waals surface area contributed by atoms with Gasteiger partial charge in [-0.25, -0.2) is 0 Å². The standard InChI is InChI=1S/C30H43NO/c1-2-3-9-25-15-17-28(18-16-25)29-19-21-30(22-20-29)32-24-27-13-11-26(12-14-27)10-7-5-4-6-8-23-31/h4-6,8,15-18,26-27,29-30H,2-3,7,9-14,19-22,24H2,1H3/b5-4+,8-6+/t26-,27-,29-,30-. The molecule has 2 heteroatoms. The summed E-state index contributed by atoms with van der Waals surface area (Å²) in [6, 6.07) is 11.5. The first-order valence-corrected chi connectivity index (χ1v) is 13.2. The van der Waals surface area contributed by atoms with E-state index in [1.165, 1.54) is 94.3 Å². The van der Waals surface area contributed by atoms with Crippen LogP contribution in [-0.4, -0.2) is 12.7 Å². The number of unbranched alkanes of at least 4 members (excludes halogenated alkanes) is 1. The third kappa shape index (κ3) is 8.59. The predicted octanol–water partition coefficient (Wildman–Crippen LogP) is 8.29. The zero-order chi connectivity index (χ0) is 22.4. The van der Waals surface area contributed by atoms with Crippen LogP contribution in [0.15, 0.2) is 48.6 Å². The molecule has 174 valence electrons. The molecule has 32 heavy (non-hydrogen) atoms. The zero-order valence-corrected chi connectivity index (χ0v) is 20.2. The zero-order valence-electron chi connectivity index (χ0n) is 20.2. The normalized spacial score (nSPS) is 26.5. The van der Waals surface area contributed by atoms with Crippen molar-refractivity contribution < 1.29 is 4.74 Å². The summed E-state index contributed by atoms with van der Waals surface area (Å²) in [5, 5.41) is 8.49. The average molecular weight is 434 g/mol. The molecule has 0 N–H and O–H groups in total. The summed E-state index contributed by atoms with van der Waals surface area (Å²) in [6.07, 6.45) is 24.6. The number of hydrogen-bond acceptors (Lipinski definition) is 2. The Morgan fingerprint density at radius 1 is 0.938 bits per heavy atom. The lowest BCUT2D eigenvalue weighted by molar-refractivity contribution is -0.00474. The van der Waals surface area contributed by atoms with Crippen LogP contribution in [0.4, 0.5) is 0 Å². The Labute approximate surface area is 196 Å². The Kier molecular flexibility index (Phi) is 11.1. The fraction of sp³-hybridized carbons (Fsp3) is 0.633. The van der Waals surface area contributed by atoms with Crippen LogP contribution in [0.25, 0.3) is 0 Å². The number of nitrogens with zero attached hydrogens (tertiary/aromatic N) is 1. The minimum atomic E-state index is 0.486. The highest BCUT2D eigenvalue weighted by Crippen LogP contribution is 2.36. The van der Waals surface area contributed by atoms with Gasteiger partial charge in [0.05, 0.1) is 12.2 Å². The van der Waals surface area contributed by atoms with Crippen LogP contribution in [0, 0.1) is 23.2 Å². The highest BCUT2D eigenvalue weighted by molar-refractivity contribution is 5.26. The Morgan fingerprint density at radius 2 is 1.66 bits per heavy atom. The summed E-state index contributed by atoms with van der Waals surface area (Å²) in [4.78, 5) is 0. The summed E-state index contributed by atoms with van der Waals surface area (Å²) in [5.74, 6) is 2.38. The molecule has 0 unspecified atom stereocenters. The second-order valence-corrected chi connectivity index (χ2v) is 10.0. The molecule has 2 aliphatic rings. The van der Waals surface area contributed by atoms with Gasteiger partial charge in [0.1, 0.15) is 0 Å². The van der Waals surface area contributed by atoms with Crippen molar-refractivity contribution >= 4 is 0 Å². The first-order chi connectivity index (χ1) is 15.8. The van der Waals surface area contributed by atoms with Gasteiger partial charge in [0.15, 0.2) is 0 Å². The summed E-state index contributed by atoms with van der Waals surface area (Å²) < 4.78 is 6.40. The average Bonchev–Trinajstić information content (AvgIpc) is 2.85. The smallest absolute Gasteiger partial charge is 0.0912 e. The van der Waals surface area contributed by atoms with Crippen LogP contribution in [0.2, 0.25) is 0 Å². The van der Waals surface area contributed by atoms with Crippen molar-refractivity contribution in [3.05, 3.63) is 59.7 Å². The Hall–Kier alpha value is -1.85. The van der Waals surface area contributed by atoms with Gasteiger partial charge in [0, 0.05) is 12.7 Å². The topological polar surface area (TPSA) is 33.0 Å². The van der Waals surface area contributed by atoms with E-state index in [2.05, 4.69) is 37.3 Å². The lowest BCUT2D eigenvalue weighted by Crippen LogP contribution is -2.25. The molecule has 0 spiro atoms. The van der Waals surface area contributed by atoms with Crippen LogP contribution in [0.5, 0.6) is 0 Å². The Morgan fingerprint density at radius 3 is 2.34 bits per heavy atom. The number of allylic oxidation sites excluding steroid dienone is 4. The fourth-order valence-corrected chi connectivity index (χ4v) is 5.46. The molecule has 0 heterocycles. The van der Waals surface area contributed by atoms with Crippen molar-refractivity contribution in [3.8, 4) is 6.07 Å². The molecule has 2 saturated carbocycles. The molecule has 0 saturated heterocycles. The van der Waals surface area contributed by atoms with E-state index in [1.54, 1.807) is 0 Å². The first kappa shape index (κ1) is 24.8. The van der Waals surface area contributed by atoms with Gasteiger partial charge in [0.25, 0.3) is 0 Å². The van der Waals surface area contributed by atoms with Crippen LogP contribution in [-0.2, 0) is 11.2 Å². The number of ether oxygens (including phenoxy) is 1. The van der Waals surface area contributed by atoms with E-state index in [-0.39, 0.29) is 0 Å². The third-order valence-corrected chi connectivity index (χ3v) is 7.64. The van der Waals surface area contributed by atoms with Gasteiger partial charge in [-0.15, -0.1) is 0 Å². The van der Waals surface area contributed by atoms with E-state index in [4.69, 9.17) is 10.00 Å². The molecule has 1 aromatic rings. The molecular formula is C30H43NO. The van der Waals surface area contributed by atoms with E-state index < -0.39 is 0 Å². The van der Waals surface area contributed by atoms with Gasteiger partial charge in [-0.05, 0) is 93.1 Å². The Balaban J connectivity index is 1.28.